The Balaban J connectivity index is 0.000000181. The Labute approximate surface area is 383 Å². The molecule has 2 saturated heterocycles. The van der Waals surface area contributed by atoms with Crippen LogP contribution in [0.15, 0.2) is 93.3 Å². The van der Waals surface area contributed by atoms with Crippen molar-refractivity contribution in [2.75, 3.05) is 62.2 Å². The molecule has 0 amide bonds. The van der Waals surface area contributed by atoms with E-state index in [-0.39, 0.29) is 34.9 Å². The molecule has 4 aromatic carbocycles. The minimum atomic E-state index is -3.70. The molecule has 2 aromatic heterocycles. The van der Waals surface area contributed by atoms with Gasteiger partial charge in [-0.25, -0.2) is 35.6 Å². The highest BCUT2D eigenvalue weighted by Crippen LogP contribution is 2.34. The summed E-state index contributed by atoms with van der Waals surface area (Å²) < 4.78 is 81.5. The molecular formula is C38H30Cl6F2N6O4S4. The fraction of sp³-hybridized carbons (Fsp3) is 0.211. The van der Waals surface area contributed by atoms with Crippen molar-refractivity contribution in [3.05, 3.63) is 125 Å². The lowest BCUT2D eigenvalue weighted by atomic mass is 10.2. The fourth-order valence-corrected chi connectivity index (χ4v) is 12.8. The summed E-state index contributed by atoms with van der Waals surface area (Å²) in [6.07, 6.45) is 0. The molecule has 0 N–H and O–H groups in total. The van der Waals surface area contributed by atoms with Crippen molar-refractivity contribution in [1.82, 2.24) is 18.6 Å². The van der Waals surface area contributed by atoms with Gasteiger partial charge < -0.3 is 9.80 Å². The van der Waals surface area contributed by atoms with Gasteiger partial charge >= 0.3 is 0 Å². The fourth-order valence-electron chi connectivity index (χ4n) is 6.33. The van der Waals surface area contributed by atoms with Gasteiger partial charge in [-0.2, -0.15) is 8.61 Å². The van der Waals surface area contributed by atoms with Gasteiger partial charge in [0.1, 0.15) is 11.6 Å². The van der Waals surface area contributed by atoms with E-state index in [1.165, 1.54) is 91.9 Å². The monoisotopic (exact) mass is 1010 g/mol. The maximum Gasteiger partial charge on any atom is 0.243 e. The summed E-state index contributed by atoms with van der Waals surface area (Å²) in [6, 6.07) is 17.3. The Bertz CT molecular complexity index is 2700. The van der Waals surface area contributed by atoms with Gasteiger partial charge in [-0.1, -0.05) is 69.6 Å². The second-order valence-corrected chi connectivity index (χ2v) is 21.4. The number of thiazole rings is 2. The van der Waals surface area contributed by atoms with Crippen LogP contribution in [0, 0.1) is 11.6 Å². The van der Waals surface area contributed by atoms with Gasteiger partial charge in [0, 0.05) is 99.4 Å². The van der Waals surface area contributed by atoms with Gasteiger partial charge in [-0.05, 0) is 72.8 Å². The predicted molar refractivity (Wildman–Crippen MR) is 240 cm³/mol. The second kappa shape index (κ2) is 18.9. The molecule has 22 heteroatoms. The van der Waals surface area contributed by atoms with Gasteiger partial charge in [0.2, 0.25) is 20.0 Å². The number of hydrogen-bond acceptors (Lipinski definition) is 10. The SMILES string of the molecule is O=S(=O)(c1cc(Cl)cc(Cl)c1)N1CCN(c2nc(-c3cc(F)cc(Cl)c3)cs2)CC1.O=S(=O)(c1cc(Cl)cc(Cl)c1)N1CCN(c2nc(-c3ccc(F)c(Cl)c3)cs2)CC1. The first-order valence-electron chi connectivity index (χ1n) is 17.7. The summed E-state index contributed by atoms with van der Waals surface area (Å²) in [6.45, 7) is 3.15. The van der Waals surface area contributed by atoms with E-state index in [4.69, 9.17) is 69.6 Å². The number of rotatable bonds is 8. The number of halogens is 8. The Hall–Kier alpha value is -2.84. The molecule has 60 heavy (non-hydrogen) atoms. The van der Waals surface area contributed by atoms with Crippen molar-refractivity contribution in [1.29, 1.82) is 0 Å². The van der Waals surface area contributed by atoms with Crippen molar-refractivity contribution in [2.45, 2.75) is 9.79 Å². The molecule has 4 heterocycles. The van der Waals surface area contributed by atoms with Gasteiger partial charge in [0.05, 0.1) is 26.2 Å². The predicted octanol–water partition coefficient (Wildman–Crippen LogP) is 10.8. The molecule has 0 saturated carbocycles. The van der Waals surface area contributed by atoms with Gasteiger partial charge in [0.25, 0.3) is 0 Å². The Morgan fingerprint density at radius 3 is 1.33 bits per heavy atom. The Morgan fingerprint density at radius 1 is 0.500 bits per heavy atom. The minimum absolute atomic E-state index is 0.0435. The van der Waals surface area contributed by atoms with Crippen LogP contribution in [0.3, 0.4) is 0 Å². The quantitative estimate of drug-likeness (QED) is 0.148. The van der Waals surface area contributed by atoms with Gasteiger partial charge in [-0.15, -0.1) is 22.7 Å². The molecule has 6 aromatic rings. The second-order valence-electron chi connectivity index (χ2n) is 13.3. The first-order chi connectivity index (χ1) is 28.5. The van der Waals surface area contributed by atoms with Crippen LogP contribution in [-0.4, -0.2) is 87.8 Å². The number of aromatic nitrogens is 2. The average Bonchev–Trinajstić information content (AvgIpc) is 3.90. The van der Waals surface area contributed by atoms with Crippen LogP contribution < -0.4 is 9.80 Å². The normalized spacial score (nSPS) is 15.5. The Kier molecular flexibility index (Phi) is 14.2. The first kappa shape index (κ1) is 45.2. The molecule has 2 aliphatic rings. The maximum absolute atomic E-state index is 13.6. The summed E-state index contributed by atoms with van der Waals surface area (Å²) in [5, 5.41) is 6.66. The van der Waals surface area contributed by atoms with Crippen LogP contribution in [0.2, 0.25) is 30.1 Å². The van der Waals surface area contributed by atoms with Crippen LogP contribution in [-0.2, 0) is 20.0 Å². The minimum Gasteiger partial charge on any atom is -0.345 e. The Morgan fingerprint density at radius 2 is 0.917 bits per heavy atom. The standard InChI is InChI=1S/2C19H15Cl3FN3O2S2/c20-13-5-12(6-16(23)8-13)18-11-29-19(24-18)25-1-3-26(4-2-25)30(27,28)17-9-14(21)7-15(22)10-17;20-13-8-14(21)10-15(9-13)30(27,28)26-5-3-25(4-6-26)19-24-18(11-29-19)12-1-2-17(23)16(22)7-12/h5-11H,1-4H2;1-2,7-11H,3-6H2. The van der Waals surface area contributed by atoms with E-state index in [2.05, 4.69) is 9.97 Å². The topological polar surface area (TPSA) is 107 Å². The van der Waals surface area contributed by atoms with Crippen molar-refractivity contribution in [2.24, 2.45) is 0 Å². The van der Waals surface area contributed by atoms with E-state index in [0.29, 0.717) is 74.3 Å². The van der Waals surface area contributed by atoms with Crippen molar-refractivity contribution in [3.63, 3.8) is 0 Å². The highest BCUT2D eigenvalue weighted by Gasteiger charge is 2.31. The largest absolute Gasteiger partial charge is 0.345 e. The third-order valence-electron chi connectivity index (χ3n) is 9.32. The van der Waals surface area contributed by atoms with E-state index < -0.39 is 31.7 Å². The number of nitrogens with zero attached hydrogens (tertiary/aromatic N) is 6. The third kappa shape index (κ3) is 10.5. The van der Waals surface area contributed by atoms with Crippen molar-refractivity contribution >= 4 is 123 Å². The van der Waals surface area contributed by atoms with Crippen LogP contribution >= 0.6 is 92.3 Å². The average molecular weight is 1010 g/mol. The number of sulfonamides is 2. The van der Waals surface area contributed by atoms with E-state index in [9.17, 15) is 25.6 Å². The summed E-state index contributed by atoms with van der Waals surface area (Å²) in [5.74, 6) is -0.902. The zero-order valence-corrected chi connectivity index (χ0v) is 38.5. The summed E-state index contributed by atoms with van der Waals surface area (Å²) in [4.78, 5) is 13.4. The first-order valence-corrected chi connectivity index (χ1v) is 24.6. The zero-order chi connectivity index (χ0) is 42.9. The highest BCUT2D eigenvalue weighted by molar-refractivity contribution is 7.89. The molecule has 316 valence electrons. The van der Waals surface area contributed by atoms with Crippen LogP contribution in [0.25, 0.3) is 22.5 Å². The summed E-state index contributed by atoms with van der Waals surface area (Å²) in [5.41, 5.74) is 2.64. The molecule has 0 atom stereocenters. The molecule has 0 spiro atoms. The lowest BCUT2D eigenvalue weighted by molar-refractivity contribution is 0.384. The molecule has 0 unspecified atom stereocenters. The zero-order valence-electron chi connectivity index (χ0n) is 30.7. The van der Waals surface area contributed by atoms with Crippen molar-refractivity contribution < 1.29 is 25.6 Å². The van der Waals surface area contributed by atoms with Crippen LogP contribution in [0.4, 0.5) is 19.0 Å². The van der Waals surface area contributed by atoms with Crippen LogP contribution in [0.1, 0.15) is 0 Å². The van der Waals surface area contributed by atoms with Crippen molar-refractivity contribution in [3.8, 4) is 22.5 Å². The number of anilines is 2. The van der Waals surface area contributed by atoms with Gasteiger partial charge in [0.15, 0.2) is 10.3 Å². The molecule has 8 rings (SSSR count). The molecule has 10 nitrogen and oxygen atoms in total. The lowest BCUT2D eigenvalue weighted by Crippen LogP contribution is -2.48. The van der Waals surface area contributed by atoms with E-state index in [0.717, 1.165) is 15.8 Å². The molecular weight excluding hydrogens is 983 g/mol. The number of hydrogen-bond donors (Lipinski definition) is 0. The highest BCUT2D eigenvalue weighted by atomic mass is 35.5. The summed E-state index contributed by atoms with van der Waals surface area (Å²) >= 11 is 38.5. The van der Waals surface area contributed by atoms with Crippen LogP contribution in [0.5, 0.6) is 0 Å². The molecule has 0 bridgehead atoms. The van der Waals surface area contributed by atoms with E-state index >= 15 is 0 Å². The molecule has 0 aliphatic carbocycles. The number of benzene rings is 4. The van der Waals surface area contributed by atoms with Gasteiger partial charge in [-0.3, -0.25) is 0 Å². The third-order valence-corrected chi connectivity index (χ3v) is 16.3. The lowest BCUT2D eigenvalue weighted by Gasteiger charge is -2.33. The smallest absolute Gasteiger partial charge is 0.243 e. The summed E-state index contributed by atoms with van der Waals surface area (Å²) in [7, 11) is -7.38. The van der Waals surface area contributed by atoms with E-state index in [1.54, 1.807) is 12.1 Å². The van der Waals surface area contributed by atoms with E-state index in [1.807, 2.05) is 20.6 Å². The molecule has 2 aliphatic heterocycles. The maximum atomic E-state index is 13.6. The number of piperazine rings is 2. The molecule has 0 radical (unpaired) electrons. The molecule has 2 fully saturated rings.